The minimum absolute atomic E-state index is 0.0186. The van der Waals surface area contributed by atoms with Crippen molar-refractivity contribution in [2.24, 2.45) is 5.73 Å². The molecular weight excluding hydrogens is 290 g/mol. The van der Waals surface area contributed by atoms with E-state index in [4.69, 9.17) is 5.73 Å². The number of fused-ring (bicyclic) bond motifs is 1. The SMILES string of the molecule is CN(C)c1cccc(Nc2nc(C(N)=O)nc3cc[c]cc23)c1. The van der Waals surface area contributed by atoms with Gasteiger partial charge in [0.25, 0.3) is 5.91 Å². The van der Waals surface area contributed by atoms with Gasteiger partial charge in [-0.25, -0.2) is 9.97 Å². The highest BCUT2D eigenvalue weighted by Crippen LogP contribution is 2.25. The van der Waals surface area contributed by atoms with Gasteiger partial charge in [0.1, 0.15) is 5.82 Å². The molecule has 3 aromatic rings. The van der Waals surface area contributed by atoms with Gasteiger partial charge in [0.15, 0.2) is 0 Å². The fourth-order valence-corrected chi connectivity index (χ4v) is 2.22. The van der Waals surface area contributed by atoms with Gasteiger partial charge in [-0.05, 0) is 36.4 Å². The molecule has 1 radical (unpaired) electrons. The molecule has 0 spiro atoms. The molecule has 1 amide bonds. The first-order valence-electron chi connectivity index (χ1n) is 7.06. The average molecular weight is 306 g/mol. The normalized spacial score (nSPS) is 10.5. The zero-order chi connectivity index (χ0) is 16.4. The van der Waals surface area contributed by atoms with E-state index in [9.17, 15) is 4.79 Å². The molecule has 0 aliphatic carbocycles. The Kier molecular flexibility index (Phi) is 3.80. The van der Waals surface area contributed by atoms with Crippen LogP contribution < -0.4 is 16.0 Å². The summed E-state index contributed by atoms with van der Waals surface area (Å²) in [6.07, 6.45) is 0. The molecule has 23 heavy (non-hydrogen) atoms. The van der Waals surface area contributed by atoms with E-state index in [1.807, 2.05) is 43.3 Å². The molecule has 0 unspecified atom stereocenters. The van der Waals surface area contributed by atoms with Crippen molar-refractivity contribution in [3.8, 4) is 0 Å². The fourth-order valence-electron chi connectivity index (χ4n) is 2.22. The number of aromatic nitrogens is 2. The van der Waals surface area contributed by atoms with Crippen molar-refractivity contribution in [1.29, 1.82) is 0 Å². The van der Waals surface area contributed by atoms with Crippen LogP contribution in [0.4, 0.5) is 17.2 Å². The summed E-state index contributed by atoms with van der Waals surface area (Å²) in [7, 11) is 3.94. The first-order valence-corrected chi connectivity index (χ1v) is 7.06. The lowest BCUT2D eigenvalue weighted by Crippen LogP contribution is -2.16. The Balaban J connectivity index is 2.08. The van der Waals surface area contributed by atoms with E-state index in [2.05, 4.69) is 21.4 Å². The van der Waals surface area contributed by atoms with E-state index >= 15 is 0 Å². The number of carbonyl (C=O) groups is 1. The molecule has 0 aliphatic heterocycles. The number of rotatable bonds is 4. The third-order valence-electron chi connectivity index (χ3n) is 3.39. The van der Waals surface area contributed by atoms with E-state index < -0.39 is 5.91 Å². The van der Waals surface area contributed by atoms with Gasteiger partial charge in [-0.3, -0.25) is 4.79 Å². The topological polar surface area (TPSA) is 84.1 Å². The van der Waals surface area contributed by atoms with E-state index in [1.165, 1.54) is 0 Å². The summed E-state index contributed by atoms with van der Waals surface area (Å²) in [6, 6.07) is 16.1. The lowest BCUT2D eigenvalue weighted by atomic mass is 10.2. The predicted octanol–water partition coefficient (Wildman–Crippen LogP) is 2.34. The molecule has 0 aliphatic rings. The predicted molar refractivity (Wildman–Crippen MR) is 90.9 cm³/mol. The lowest BCUT2D eigenvalue weighted by molar-refractivity contribution is 0.0991. The van der Waals surface area contributed by atoms with Gasteiger partial charge in [0, 0.05) is 30.9 Å². The molecule has 0 fully saturated rings. The molecule has 3 rings (SSSR count). The quantitative estimate of drug-likeness (QED) is 0.773. The monoisotopic (exact) mass is 306 g/mol. The number of nitrogens with two attached hydrogens (primary N) is 1. The zero-order valence-corrected chi connectivity index (χ0v) is 12.9. The maximum Gasteiger partial charge on any atom is 0.286 e. The molecule has 1 aromatic heterocycles. The zero-order valence-electron chi connectivity index (χ0n) is 12.9. The van der Waals surface area contributed by atoms with Gasteiger partial charge in [-0.15, -0.1) is 0 Å². The van der Waals surface area contributed by atoms with Crippen LogP contribution in [0.2, 0.25) is 0 Å². The molecular formula is C17H16N5O. The highest BCUT2D eigenvalue weighted by atomic mass is 16.1. The number of nitrogens with zero attached hydrogens (tertiary/aromatic N) is 3. The molecule has 115 valence electrons. The summed E-state index contributed by atoms with van der Waals surface area (Å²) < 4.78 is 0. The molecule has 2 aromatic carbocycles. The van der Waals surface area contributed by atoms with E-state index in [1.54, 1.807) is 18.2 Å². The number of amides is 1. The fraction of sp³-hybridized carbons (Fsp3) is 0.118. The van der Waals surface area contributed by atoms with Crippen LogP contribution in [0, 0.1) is 6.07 Å². The van der Waals surface area contributed by atoms with Gasteiger partial charge in [-0.2, -0.15) is 0 Å². The Morgan fingerprint density at radius 1 is 1.26 bits per heavy atom. The van der Waals surface area contributed by atoms with Gasteiger partial charge < -0.3 is 16.0 Å². The van der Waals surface area contributed by atoms with Crippen molar-refractivity contribution in [1.82, 2.24) is 9.97 Å². The molecule has 0 saturated heterocycles. The van der Waals surface area contributed by atoms with Crippen molar-refractivity contribution in [3.63, 3.8) is 0 Å². The second kappa shape index (κ2) is 5.92. The van der Waals surface area contributed by atoms with Crippen LogP contribution in [0.3, 0.4) is 0 Å². The van der Waals surface area contributed by atoms with Crippen LogP contribution >= 0.6 is 0 Å². The van der Waals surface area contributed by atoms with Crippen LogP contribution in [0.1, 0.15) is 10.6 Å². The van der Waals surface area contributed by atoms with Gasteiger partial charge >= 0.3 is 0 Å². The smallest absolute Gasteiger partial charge is 0.286 e. The molecule has 0 bridgehead atoms. The van der Waals surface area contributed by atoms with Crippen LogP contribution in [-0.2, 0) is 0 Å². The Hall–Kier alpha value is -3.15. The molecule has 3 N–H and O–H groups in total. The standard InChI is InChI=1S/C17H16N5O/c1-22(2)12-7-5-6-11(10-12)19-16-13-8-3-4-9-14(13)20-17(21-16)15(18)23/h4-10H,1-2H3,(H2,18,23)(H,19,20,21). The number of hydrogen-bond donors (Lipinski definition) is 2. The maximum atomic E-state index is 11.4. The summed E-state index contributed by atoms with van der Waals surface area (Å²) in [4.78, 5) is 21.9. The summed E-state index contributed by atoms with van der Waals surface area (Å²) in [6.45, 7) is 0. The van der Waals surface area contributed by atoms with E-state index in [0.29, 0.717) is 11.3 Å². The lowest BCUT2D eigenvalue weighted by Gasteiger charge is -2.15. The maximum absolute atomic E-state index is 11.4. The van der Waals surface area contributed by atoms with Crippen molar-refractivity contribution in [3.05, 3.63) is 54.4 Å². The van der Waals surface area contributed by atoms with Crippen LogP contribution in [0.15, 0.2) is 42.5 Å². The van der Waals surface area contributed by atoms with E-state index in [-0.39, 0.29) is 5.82 Å². The molecule has 0 atom stereocenters. The number of primary amides is 1. The molecule has 6 heteroatoms. The van der Waals surface area contributed by atoms with Crippen LogP contribution in [0.5, 0.6) is 0 Å². The third-order valence-corrected chi connectivity index (χ3v) is 3.39. The number of hydrogen-bond acceptors (Lipinski definition) is 5. The molecule has 6 nitrogen and oxygen atoms in total. The van der Waals surface area contributed by atoms with E-state index in [0.717, 1.165) is 16.8 Å². The second-order valence-electron chi connectivity index (χ2n) is 5.27. The highest BCUT2D eigenvalue weighted by Gasteiger charge is 2.11. The second-order valence-corrected chi connectivity index (χ2v) is 5.27. The summed E-state index contributed by atoms with van der Waals surface area (Å²) in [5.41, 5.74) is 7.87. The number of anilines is 3. The minimum atomic E-state index is -0.662. The largest absolute Gasteiger partial charge is 0.378 e. The van der Waals surface area contributed by atoms with Gasteiger partial charge in [0.2, 0.25) is 5.82 Å². The number of carbonyl (C=O) groups excluding carboxylic acids is 1. The first kappa shape index (κ1) is 14.8. The highest BCUT2D eigenvalue weighted by molar-refractivity contribution is 5.96. The Bertz CT molecular complexity index is 876. The third kappa shape index (κ3) is 3.06. The van der Waals surface area contributed by atoms with Gasteiger partial charge in [0.05, 0.1) is 5.52 Å². The summed E-state index contributed by atoms with van der Waals surface area (Å²) in [5.74, 6) is -0.156. The molecule has 0 saturated carbocycles. The molecule has 1 heterocycles. The minimum Gasteiger partial charge on any atom is -0.378 e. The van der Waals surface area contributed by atoms with Crippen molar-refractivity contribution in [2.75, 3.05) is 24.3 Å². The van der Waals surface area contributed by atoms with Gasteiger partial charge in [-0.1, -0.05) is 12.1 Å². The summed E-state index contributed by atoms with van der Waals surface area (Å²) >= 11 is 0. The Labute approximate surface area is 134 Å². The van der Waals surface area contributed by atoms with Crippen molar-refractivity contribution in [2.45, 2.75) is 0 Å². The van der Waals surface area contributed by atoms with Crippen LogP contribution in [-0.4, -0.2) is 30.0 Å². The number of benzene rings is 2. The average Bonchev–Trinajstić information content (AvgIpc) is 2.55. The Morgan fingerprint density at radius 3 is 2.83 bits per heavy atom. The van der Waals surface area contributed by atoms with Crippen molar-refractivity contribution >= 4 is 34.0 Å². The Morgan fingerprint density at radius 2 is 2.09 bits per heavy atom. The van der Waals surface area contributed by atoms with Crippen LogP contribution in [0.25, 0.3) is 10.9 Å². The number of nitrogens with one attached hydrogen (secondary N) is 1. The summed E-state index contributed by atoms with van der Waals surface area (Å²) in [5, 5.41) is 4.00. The first-order chi connectivity index (χ1) is 11.0. The van der Waals surface area contributed by atoms with Crippen molar-refractivity contribution < 1.29 is 4.79 Å².